The molecule has 0 bridgehead atoms. The van der Waals surface area contributed by atoms with Gasteiger partial charge in [0.25, 0.3) is 0 Å². The maximum Gasteiger partial charge on any atom is 0.229 e. The minimum absolute atomic E-state index is 0.546. The van der Waals surface area contributed by atoms with Gasteiger partial charge in [-0.1, -0.05) is 12.1 Å². The average molecular weight is 367 g/mol. The molecule has 0 amide bonds. The molecule has 0 aliphatic heterocycles. The number of anilines is 1. The van der Waals surface area contributed by atoms with Crippen LogP contribution in [0.5, 0.6) is 0 Å². The number of aromatic nitrogens is 1. The topological polar surface area (TPSA) is 75.2 Å². The summed E-state index contributed by atoms with van der Waals surface area (Å²) in [5.74, 6) is 0. The van der Waals surface area contributed by atoms with Crippen molar-refractivity contribution in [1.82, 2.24) is 15.2 Å². The van der Waals surface area contributed by atoms with Crippen molar-refractivity contribution in [3.05, 3.63) is 53.9 Å². The summed E-state index contributed by atoms with van der Waals surface area (Å²) in [4.78, 5) is 0. The van der Waals surface area contributed by atoms with E-state index in [2.05, 4.69) is 26.0 Å². The number of sulfonamides is 1. The normalized spacial score (nSPS) is 11.1. The van der Waals surface area contributed by atoms with Gasteiger partial charge in [-0.05, 0) is 42.0 Å². The molecule has 1 aromatic heterocycles. The van der Waals surface area contributed by atoms with E-state index in [4.69, 9.17) is 12.2 Å². The molecular formula is C16H22N4O2S2. The van der Waals surface area contributed by atoms with Crippen molar-refractivity contribution in [3.63, 3.8) is 0 Å². The molecule has 24 heavy (non-hydrogen) atoms. The monoisotopic (exact) mass is 366 g/mol. The van der Waals surface area contributed by atoms with Crippen LogP contribution >= 0.6 is 12.2 Å². The Morgan fingerprint density at radius 1 is 1.17 bits per heavy atom. The summed E-state index contributed by atoms with van der Waals surface area (Å²) in [6.07, 6.45) is 4.05. The van der Waals surface area contributed by atoms with Crippen LogP contribution in [0, 0.1) is 0 Å². The van der Waals surface area contributed by atoms with E-state index < -0.39 is 10.0 Å². The van der Waals surface area contributed by atoms with Crippen LogP contribution in [0.4, 0.5) is 5.69 Å². The first-order chi connectivity index (χ1) is 11.3. The lowest BCUT2D eigenvalue weighted by atomic mass is 10.2. The van der Waals surface area contributed by atoms with Crippen LogP contribution in [0.25, 0.3) is 0 Å². The van der Waals surface area contributed by atoms with Crippen LogP contribution < -0.4 is 15.4 Å². The number of nitrogens with zero attached hydrogens (tertiary/aromatic N) is 1. The van der Waals surface area contributed by atoms with Crippen molar-refractivity contribution in [1.29, 1.82) is 0 Å². The molecule has 0 radical (unpaired) electrons. The highest BCUT2D eigenvalue weighted by Gasteiger charge is 2.02. The standard InChI is InChI=1S/C16H22N4O2S2/c1-20-11-3-4-15(20)9-10-17-16(23)18-12-13-5-7-14(8-6-13)19-24(2,21)22/h3-8,11,19H,9-10,12H2,1-2H3,(H2,17,18,23). The van der Waals surface area contributed by atoms with Gasteiger partial charge in [-0.2, -0.15) is 0 Å². The molecule has 0 aliphatic rings. The fourth-order valence-corrected chi connectivity index (χ4v) is 2.95. The molecule has 130 valence electrons. The molecule has 2 aromatic rings. The first-order valence-corrected chi connectivity index (χ1v) is 9.82. The lowest BCUT2D eigenvalue weighted by Crippen LogP contribution is -2.36. The van der Waals surface area contributed by atoms with Gasteiger partial charge >= 0.3 is 0 Å². The highest BCUT2D eigenvalue weighted by Crippen LogP contribution is 2.10. The number of nitrogens with one attached hydrogen (secondary N) is 3. The second kappa shape index (κ2) is 8.16. The maximum atomic E-state index is 11.2. The lowest BCUT2D eigenvalue weighted by molar-refractivity contribution is 0.607. The van der Waals surface area contributed by atoms with Crippen LogP contribution in [0.15, 0.2) is 42.6 Å². The maximum absolute atomic E-state index is 11.2. The Kier molecular flexibility index (Phi) is 6.22. The summed E-state index contributed by atoms with van der Waals surface area (Å²) in [5.41, 5.74) is 2.81. The van der Waals surface area contributed by atoms with E-state index in [0.29, 0.717) is 17.3 Å². The van der Waals surface area contributed by atoms with E-state index >= 15 is 0 Å². The van der Waals surface area contributed by atoms with Crippen LogP contribution in [-0.4, -0.2) is 30.9 Å². The van der Waals surface area contributed by atoms with E-state index in [0.717, 1.165) is 24.8 Å². The van der Waals surface area contributed by atoms with Gasteiger partial charge in [0.05, 0.1) is 6.26 Å². The van der Waals surface area contributed by atoms with Gasteiger partial charge in [-0.3, -0.25) is 4.72 Å². The molecule has 2 rings (SSSR count). The highest BCUT2D eigenvalue weighted by molar-refractivity contribution is 7.92. The fraction of sp³-hybridized carbons (Fsp3) is 0.312. The van der Waals surface area contributed by atoms with Crippen molar-refractivity contribution in [2.75, 3.05) is 17.5 Å². The third-order valence-electron chi connectivity index (χ3n) is 3.43. The minimum atomic E-state index is -3.25. The summed E-state index contributed by atoms with van der Waals surface area (Å²) in [5, 5.41) is 6.91. The van der Waals surface area contributed by atoms with Gasteiger partial charge in [0.1, 0.15) is 0 Å². The van der Waals surface area contributed by atoms with Crippen molar-refractivity contribution in [2.45, 2.75) is 13.0 Å². The third kappa shape index (κ3) is 6.21. The second-order valence-corrected chi connectivity index (χ2v) is 7.70. The van der Waals surface area contributed by atoms with Crippen LogP contribution in [-0.2, 0) is 30.0 Å². The fourth-order valence-electron chi connectivity index (χ4n) is 2.21. The molecule has 0 unspecified atom stereocenters. The zero-order valence-corrected chi connectivity index (χ0v) is 15.4. The van der Waals surface area contributed by atoms with Crippen molar-refractivity contribution < 1.29 is 8.42 Å². The van der Waals surface area contributed by atoms with Crippen molar-refractivity contribution >= 4 is 33.0 Å². The van der Waals surface area contributed by atoms with E-state index in [-0.39, 0.29) is 0 Å². The third-order valence-corrected chi connectivity index (χ3v) is 4.32. The molecule has 0 atom stereocenters. The predicted octanol–water partition coefficient (Wildman–Crippen LogP) is 1.60. The number of hydrogen-bond donors (Lipinski definition) is 3. The predicted molar refractivity (Wildman–Crippen MR) is 101 cm³/mol. The first-order valence-electron chi connectivity index (χ1n) is 7.52. The Hall–Kier alpha value is -2.06. The minimum Gasteiger partial charge on any atom is -0.362 e. The van der Waals surface area contributed by atoms with Gasteiger partial charge < -0.3 is 15.2 Å². The van der Waals surface area contributed by atoms with E-state index in [1.54, 1.807) is 12.1 Å². The summed E-state index contributed by atoms with van der Waals surface area (Å²) in [6, 6.07) is 11.3. The summed E-state index contributed by atoms with van der Waals surface area (Å²) < 4.78 is 26.8. The number of benzene rings is 1. The van der Waals surface area contributed by atoms with Gasteiger partial charge in [0.2, 0.25) is 10.0 Å². The van der Waals surface area contributed by atoms with Crippen molar-refractivity contribution in [2.24, 2.45) is 7.05 Å². The van der Waals surface area contributed by atoms with Gasteiger partial charge in [-0.15, -0.1) is 0 Å². The van der Waals surface area contributed by atoms with E-state index in [1.807, 2.05) is 31.4 Å². The summed E-state index contributed by atoms with van der Waals surface area (Å²) in [6.45, 7) is 1.34. The van der Waals surface area contributed by atoms with E-state index in [9.17, 15) is 8.42 Å². The Labute approximate surface area is 148 Å². The Balaban J connectivity index is 1.72. The molecule has 0 saturated carbocycles. The second-order valence-electron chi connectivity index (χ2n) is 5.54. The van der Waals surface area contributed by atoms with Gasteiger partial charge in [0, 0.05) is 44.1 Å². The van der Waals surface area contributed by atoms with Gasteiger partial charge in [-0.25, -0.2) is 8.42 Å². The number of aryl methyl sites for hydroxylation is 1. The molecule has 0 aliphatic carbocycles. The van der Waals surface area contributed by atoms with Gasteiger partial charge in [0.15, 0.2) is 5.11 Å². The molecule has 6 nitrogen and oxygen atoms in total. The average Bonchev–Trinajstić information content (AvgIpc) is 2.90. The van der Waals surface area contributed by atoms with Crippen LogP contribution in [0.2, 0.25) is 0 Å². The lowest BCUT2D eigenvalue weighted by Gasteiger charge is -2.11. The Morgan fingerprint density at radius 3 is 2.46 bits per heavy atom. The molecule has 8 heteroatoms. The Morgan fingerprint density at radius 2 is 1.88 bits per heavy atom. The Bertz CT molecular complexity index is 783. The summed E-state index contributed by atoms with van der Waals surface area (Å²) >= 11 is 5.26. The number of hydrogen-bond acceptors (Lipinski definition) is 3. The smallest absolute Gasteiger partial charge is 0.229 e. The van der Waals surface area contributed by atoms with Crippen LogP contribution in [0.3, 0.4) is 0 Å². The molecule has 3 N–H and O–H groups in total. The SMILES string of the molecule is Cn1cccc1CCNC(=S)NCc1ccc(NS(C)(=O)=O)cc1. The summed E-state index contributed by atoms with van der Waals surface area (Å²) in [7, 11) is -1.22. The van der Waals surface area contributed by atoms with E-state index in [1.165, 1.54) is 5.69 Å². The number of rotatable bonds is 7. The quantitative estimate of drug-likeness (QED) is 0.649. The zero-order chi connectivity index (χ0) is 17.6. The molecular weight excluding hydrogens is 344 g/mol. The van der Waals surface area contributed by atoms with Crippen molar-refractivity contribution in [3.8, 4) is 0 Å². The zero-order valence-electron chi connectivity index (χ0n) is 13.7. The molecule has 1 heterocycles. The molecule has 1 aromatic carbocycles. The molecule has 0 fully saturated rings. The molecule has 0 saturated heterocycles. The number of thiocarbonyl (C=S) groups is 1. The molecule has 0 spiro atoms. The van der Waals surface area contributed by atoms with Crippen LogP contribution in [0.1, 0.15) is 11.3 Å². The largest absolute Gasteiger partial charge is 0.362 e. The first kappa shape index (κ1) is 18.3. The highest BCUT2D eigenvalue weighted by atomic mass is 32.2.